The van der Waals surface area contributed by atoms with E-state index < -0.39 is 11.9 Å². The van der Waals surface area contributed by atoms with Gasteiger partial charge in [0.2, 0.25) is 0 Å². The van der Waals surface area contributed by atoms with Crippen molar-refractivity contribution in [3.8, 4) is 5.69 Å². The molecule has 28 heavy (non-hydrogen) atoms. The van der Waals surface area contributed by atoms with Crippen LogP contribution in [0.2, 0.25) is 5.15 Å². The van der Waals surface area contributed by atoms with Gasteiger partial charge >= 0.3 is 5.97 Å². The third-order valence-corrected chi connectivity index (χ3v) is 4.20. The first-order valence-corrected chi connectivity index (χ1v) is 8.92. The van der Waals surface area contributed by atoms with Gasteiger partial charge < -0.3 is 10.1 Å². The van der Waals surface area contributed by atoms with Crippen LogP contribution in [-0.2, 0) is 14.3 Å². The van der Waals surface area contributed by atoms with E-state index in [-0.39, 0.29) is 6.61 Å². The zero-order valence-corrected chi connectivity index (χ0v) is 15.9. The Morgan fingerprint density at radius 3 is 2.43 bits per heavy atom. The molecule has 1 amide bonds. The number of rotatable bonds is 6. The van der Waals surface area contributed by atoms with Gasteiger partial charge in [0, 0.05) is 17.3 Å². The molecule has 0 atom stereocenters. The Hall–Kier alpha value is -3.38. The van der Waals surface area contributed by atoms with Crippen LogP contribution >= 0.6 is 11.6 Å². The second-order valence-electron chi connectivity index (χ2n) is 5.89. The SMILES string of the molecule is Cc1nn(-c2ccccc2)c(Cl)c1/C=C/C(=O)OCC(=O)Nc1ccccc1. The van der Waals surface area contributed by atoms with Crippen LogP contribution in [0.5, 0.6) is 0 Å². The van der Waals surface area contributed by atoms with Crippen molar-refractivity contribution in [2.75, 3.05) is 11.9 Å². The number of aromatic nitrogens is 2. The van der Waals surface area contributed by atoms with Gasteiger partial charge in [0.05, 0.1) is 11.4 Å². The van der Waals surface area contributed by atoms with E-state index in [4.69, 9.17) is 16.3 Å². The highest BCUT2D eigenvalue weighted by atomic mass is 35.5. The minimum absolute atomic E-state index is 0.381. The number of esters is 1. The maximum atomic E-state index is 11.9. The molecule has 0 unspecified atom stereocenters. The van der Waals surface area contributed by atoms with Crippen LogP contribution in [-0.4, -0.2) is 28.3 Å². The Morgan fingerprint density at radius 2 is 1.75 bits per heavy atom. The summed E-state index contributed by atoms with van der Waals surface area (Å²) in [5.41, 5.74) is 2.72. The van der Waals surface area contributed by atoms with Crippen molar-refractivity contribution in [3.05, 3.63) is 83.2 Å². The number of anilines is 1. The monoisotopic (exact) mass is 395 g/mol. The van der Waals surface area contributed by atoms with Gasteiger partial charge in [0.15, 0.2) is 6.61 Å². The summed E-state index contributed by atoms with van der Waals surface area (Å²) in [7, 11) is 0. The minimum Gasteiger partial charge on any atom is -0.452 e. The largest absolute Gasteiger partial charge is 0.452 e. The summed E-state index contributed by atoms with van der Waals surface area (Å²) in [6.45, 7) is 1.41. The Bertz CT molecular complexity index is 998. The molecule has 0 fully saturated rings. The average Bonchev–Trinajstić information content (AvgIpc) is 3.00. The number of nitrogens with one attached hydrogen (secondary N) is 1. The van der Waals surface area contributed by atoms with Crippen molar-refractivity contribution >= 4 is 35.2 Å². The number of para-hydroxylation sites is 2. The lowest BCUT2D eigenvalue weighted by Gasteiger charge is -2.04. The molecule has 1 aromatic heterocycles. The number of carbonyl (C=O) groups excluding carboxylic acids is 2. The smallest absolute Gasteiger partial charge is 0.331 e. The Labute approximate surface area is 167 Å². The highest BCUT2D eigenvalue weighted by Gasteiger charge is 2.13. The zero-order valence-electron chi connectivity index (χ0n) is 15.1. The second-order valence-corrected chi connectivity index (χ2v) is 6.25. The fourth-order valence-corrected chi connectivity index (χ4v) is 2.83. The summed E-state index contributed by atoms with van der Waals surface area (Å²) in [5.74, 6) is -1.06. The number of hydrogen-bond acceptors (Lipinski definition) is 4. The number of amides is 1. The van der Waals surface area contributed by atoms with Crippen molar-refractivity contribution in [1.29, 1.82) is 0 Å². The van der Waals surface area contributed by atoms with Gasteiger partial charge in [-0.05, 0) is 37.3 Å². The van der Waals surface area contributed by atoms with Crippen LogP contribution in [0, 0.1) is 6.92 Å². The van der Waals surface area contributed by atoms with Gasteiger partial charge in [-0.15, -0.1) is 0 Å². The van der Waals surface area contributed by atoms with Crippen LogP contribution in [0.25, 0.3) is 11.8 Å². The van der Waals surface area contributed by atoms with Crippen LogP contribution in [0.3, 0.4) is 0 Å². The molecule has 0 aliphatic heterocycles. The van der Waals surface area contributed by atoms with E-state index in [1.807, 2.05) is 36.4 Å². The predicted octanol–water partition coefficient (Wildman–Crippen LogP) is 4.03. The molecular formula is C21H18ClN3O3. The van der Waals surface area contributed by atoms with E-state index in [1.165, 1.54) is 12.2 Å². The molecule has 7 heteroatoms. The number of carbonyl (C=O) groups is 2. The van der Waals surface area contributed by atoms with E-state index in [2.05, 4.69) is 10.4 Å². The summed E-state index contributed by atoms with van der Waals surface area (Å²) in [6, 6.07) is 18.4. The van der Waals surface area contributed by atoms with Crippen LogP contribution in [0.4, 0.5) is 5.69 Å². The van der Waals surface area contributed by atoms with Crippen molar-refractivity contribution in [1.82, 2.24) is 9.78 Å². The first-order valence-electron chi connectivity index (χ1n) is 8.55. The van der Waals surface area contributed by atoms with Crippen molar-refractivity contribution in [2.24, 2.45) is 0 Å². The molecule has 0 radical (unpaired) electrons. The molecule has 0 aliphatic carbocycles. The van der Waals surface area contributed by atoms with Gasteiger partial charge in [-0.2, -0.15) is 5.10 Å². The fraction of sp³-hybridized carbons (Fsp3) is 0.0952. The molecule has 3 rings (SSSR count). The number of hydrogen-bond donors (Lipinski definition) is 1. The van der Waals surface area contributed by atoms with E-state index in [9.17, 15) is 9.59 Å². The topological polar surface area (TPSA) is 73.2 Å². The molecule has 142 valence electrons. The third kappa shape index (κ3) is 4.86. The molecule has 1 heterocycles. The van der Waals surface area contributed by atoms with E-state index in [1.54, 1.807) is 35.9 Å². The molecule has 0 saturated carbocycles. The van der Waals surface area contributed by atoms with Crippen LogP contribution in [0.1, 0.15) is 11.3 Å². The van der Waals surface area contributed by atoms with Gasteiger partial charge in [-0.1, -0.05) is 48.0 Å². The molecule has 0 bridgehead atoms. The lowest BCUT2D eigenvalue weighted by molar-refractivity contribution is -0.142. The summed E-state index contributed by atoms with van der Waals surface area (Å²) >= 11 is 6.40. The molecule has 0 aliphatic rings. The van der Waals surface area contributed by atoms with Crippen LogP contribution in [0.15, 0.2) is 66.7 Å². The maximum absolute atomic E-state index is 11.9. The number of aryl methyl sites for hydroxylation is 1. The Balaban J connectivity index is 1.60. The van der Waals surface area contributed by atoms with E-state index in [0.717, 1.165) is 5.69 Å². The Kier molecular flexibility index (Phi) is 6.24. The Morgan fingerprint density at radius 1 is 1.11 bits per heavy atom. The van der Waals surface area contributed by atoms with Crippen molar-refractivity contribution < 1.29 is 14.3 Å². The minimum atomic E-state index is -0.647. The normalized spacial score (nSPS) is 10.8. The molecule has 6 nitrogen and oxygen atoms in total. The summed E-state index contributed by atoms with van der Waals surface area (Å²) in [4.78, 5) is 23.7. The lowest BCUT2D eigenvalue weighted by atomic mass is 10.2. The quantitative estimate of drug-likeness (QED) is 0.505. The predicted molar refractivity (Wildman–Crippen MR) is 108 cm³/mol. The first kappa shape index (κ1) is 19.4. The molecule has 0 spiro atoms. The van der Waals surface area contributed by atoms with Gasteiger partial charge in [0.1, 0.15) is 5.15 Å². The summed E-state index contributed by atoms with van der Waals surface area (Å²) in [6.07, 6.45) is 2.75. The zero-order chi connectivity index (χ0) is 19.9. The highest BCUT2D eigenvalue weighted by molar-refractivity contribution is 6.31. The first-order chi connectivity index (χ1) is 13.5. The summed E-state index contributed by atoms with van der Waals surface area (Å²) in [5, 5.41) is 7.42. The van der Waals surface area contributed by atoms with Gasteiger partial charge in [0.25, 0.3) is 5.91 Å². The van der Waals surface area contributed by atoms with E-state index >= 15 is 0 Å². The fourth-order valence-electron chi connectivity index (χ4n) is 2.50. The molecule has 2 aromatic carbocycles. The van der Waals surface area contributed by atoms with E-state index in [0.29, 0.717) is 22.1 Å². The standard InChI is InChI=1S/C21H18ClN3O3/c1-15-18(21(22)25(24-15)17-10-6-3-7-11-17)12-13-20(27)28-14-19(26)23-16-8-4-2-5-9-16/h2-13H,14H2,1H3,(H,23,26)/b13-12+. The summed E-state index contributed by atoms with van der Waals surface area (Å²) < 4.78 is 6.55. The lowest BCUT2D eigenvalue weighted by Crippen LogP contribution is -2.20. The number of nitrogens with zero attached hydrogens (tertiary/aromatic N) is 2. The average molecular weight is 396 g/mol. The van der Waals surface area contributed by atoms with Crippen molar-refractivity contribution in [2.45, 2.75) is 6.92 Å². The van der Waals surface area contributed by atoms with Crippen LogP contribution < -0.4 is 5.32 Å². The number of ether oxygens (including phenoxy) is 1. The van der Waals surface area contributed by atoms with Crippen molar-refractivity contribution in [3.63, 3.8) is 0 Å². The van der Waals surface area contributed by atoms with Gasteiger partial charge in [-0.25, -0.2) is 9.48 Å². The molecule has 1 N–H and O–H groups in total. The highest BCUT2D eigenvalue weighted by Crippen LogP contribution is 2.24. The maximum Gasteiger partial charge on any atom is 0.331 e. The molecule has 0 saturated heterocycles. The molecule has 3 aromatic rings. The van der Waals surface area contributed by atoms with Gasteiger partial charge in [-0.3, -0.25) is 4.79 Å². The third-order valence-electron chi connectivity index (χ3n) is 3.84. The molecular weight excluding hydrogens is 378 g/mol. The number of benzene rings is 2. The second kappa shape index (κ2) is 9.01. The number of halogens is 1.